The van der Waals surface area contributed by atoms with Crippen molar-refractivity contribution in [2.45, 2.75) is 89.6 Å². The first-order valence-corrected chi connectivity index (χ1v) is 14.4. The van der Waals surface area contributed by atoms with Gasteiger partial charge < -0.3 is 20.7 Å². The highest BCUT2D eigenvalue weighted by Crippen LogP contribution is 2.54. The first-order valence-electron chi connectivity index (χ1n) is 14.4. The van der Waals surface area contributed by atoms with Crippen LogP contribution in [0.15, 0.2) is 17.4 Å². The Bertz CT molecular complexity index is 1410. The van der Waals surface area contributed by atoms with E-state index in [1.165, 1.54) is 44.9 Å². The highest BCUT2D eigenvalue weighted by atomic mass is 16.4. The lowest BCUT2D eigenvalue weighted by Gasteiger charge is -2.32. The minimum Gasteiger partial charge on any atom is -0.463 e. The lowest BCUT2D eigenvalue weighted by Crippen LogP contribution is -2.32. The van der Waals surface area contributed by atoms with Gasteiger partial charge in [0.2, 0.25) is 0 Å². The van der Waals surface area contributed by atoms with Crippen molar-refractivity contribution >= 4 is 28.9 Å². The van der Waals surface area contributed by atoms with Crippen LogP contribution in [-0.4, -0.2) is 52.4 Å². The number of hydrogen-bond acceptors (Lipinski definition) is 6. The summed E-state index contributed by atoms with van der Waals surface area (Å²) in [7, 11) is 1.94. The third-order valence-corrected chi connectivity index (χ3v) is 9.28. The Kier molecular flexibility index (Phi) is 6.55. The number of aliphatic imine (C=N–C) groups is 1. The van der Waals surface area contributed by atoms with Crippen molar-refractivity contribution in [3.8, 4) is 0 Å². The maximum Gasteiger partial charge on any atom is 0.433 e. The molecule has 0 radical (unpaired) electrons. The van der Waals surface area contributed by atoms with Gasteiger partial charge in [0.05, 0.1) is 11.6 Å². The molecule has 1 atom stereocenters. The van der Waals surface area contributed by atoms with Crippen molar-refractivity contribution in [2.24, 2.45) is 35.5 Å². The number of fused-ring (bicyclic) bond motifs is 1. The van der Waals surface area contributed by atoms with Crippen LogP contribution >= 0.6 is 0 Å². The number of nitrogens with zero attached hydrogens (tertiary/aromatic N) is 7. The summed E-state index contributed by atoms with van der Waals surface area (Å²) < 4.78 is 4.21. The molecule has 1 amide bonds. The second-order valence-electron chi connectivity index (χ2n) is 12.1. The van der Waals surface area contributed by atoms with E-state index in [9.17, 15) is 9.90 Å². The SMILES string of the molecule is CC1CCC(Cn2c(C3(c4cnn(C)c4)CC3)nc3nc(C(N)=NC(=O)O)nc(NC(C)C4CCC4)c32)CC1. The van der Waals surface area contributed by atoms with Gasteiger partial charge in [-0.2, -0.15) is 10.1 Å². The zero-order valence-electron chi connectivity index (χ0n) is 23.1. The summed E-state index contributed by atoms with van der Waals surface area (Å²) in [5.41, 5.74) is 8.40. The van der Waals surface area contributed by atoms with Crippen molar-refractivity contribution in [1.29, 1.82) is 0 Å². The van der Waals surface area contributed by atoms with Crippen molar-refractivity contribution < 1.29 is 9.90 Å². The fourth-order valence-corrected chi connectivity index (χ4v) is 6.43. The minimum atomic E-state index is -1.38. The molecule has 4 N–H and O–H groups in total. The minimum absolute atomic E-state index is 0.0853. The Morgan fingerprint density at radius 1 is 1.21 bits per heavy atom. The highest BCUT2D eigenvalue weighted by Gasteiger charge is 2.51. The number of aryl methyl sites for hydroxylation is 1. The summed E-state index contributed by atoms with van der Waals surface area (Å²) in [4.78, 5) is 29.4. The second kappa shape index (κ2) is 9.91. The third-order valence-electron chi connectivity index (χ3n) is 9.28. The summed E-state index contributed by atoms with van der Waals surface area (Å²) in [5.74, 6) is 3.40. The zero-order chi connectivity index (χ0) is 27.3. The van der Waals surface area contributed by atoms with E-state index in [-0.39, 0.29) is 23.1 Å². The van der Waals surface area contributed by atoms with E-state index in [1.54, 1.807) is 0 Å². The smallest absolute Gasteiger partial charge is 0.433 e. The predicted molar refractivity (Wildman–Crippen MR) is 149 cm³/mol. The second-order valence-corrected chi connectivity index (χ2v) is 12.1. The molecule has 3 aromatic heterocycles. The topological polar surface area (TPSA) is 149 Å². The summed E-state index contributed by atoms with van der Waals surface area (Å²) in [6.07, 6.45) is 13.1. The molecule has 0 bridgehead atoms. The number of aromatic nitrogens is 6. The Morgan fingerprint density at radius 3 is 2.54 bits per heavy atom. The molecule has 3 saturated carbocycles. The summed E-state index contributed by atoms with van der Waals surface area (Å²) in [6.45, 7) is 5.39. The van der Waals surface area contributed by atoms with E-state index in [1.807, 2.05) is 17.9 Å². The zero-order valence-corrected chi connectivity index (χ0v) is 23.1. The standard InChI is InChI=1S/C28H39N9O2/c1-16-7-9-18(10-8-16)14-37-21-23(31-17(2)19-5-4-6-19)33-25(22(29)32-27(38)39)34-24(21)35-26(37)28(11-12-28)20-13-30-36(3)15-20/h13,15-19H,4-12,14H2,1-3H3,(H2,29,32)(H,38,39)(H,31,33,34). The summed E-state index contributed by atoms with van der Waals surface area (Å²) in [6, 6.07) is 0.206. The van der Waals surface area contributed by atoms with Crippen LogP contribution in [0.3, 0.4) is 0 Å². The van der Waals surface area contributed by atoms with Gasteiger partial charge in [0.15, 0.2) is 23.1 Å². The first kappa shape index (κ1) is 25.8. The normalized spacial score (nSPS) is 23.9. The van der Waals surface area contributed by atoms with Gasteiger partial charge in [0.1, 0.15) is 11.3 Å². The molecule has 3 aromatic rings. The lowest BCUT2D eigenvalue weighted by molar-refractivity contribution is 0.205. The van der Waals surface area contributed by atoms with Gasteiger partial charge in [-0.3, -0.25) is 4.68 Å². The Balaban J connectivity index is 1.51. The number of amidine groups is 1. The number of rotatable bonds is 8. The molecule has 3 heterocycles. The molecule has 11 nitrogen and oxygen atoms in total. The van der Waals surface area contributed by atoms with Gasteiger partial charge in [-0.05, 0) is 63.2 Å². The Hall–Kier alpha value is -3.50. The maximum atomic E-state index is 11.3. The van der Waals surface area contributed by atoms with E-state index >= 15 is 0 Å². The average Bonchev–Trinajstić information content (AvgIpc) is 3.40. The largest absolute Gasteiger partial charge is 0.463 e. The van der Waals surface area contributed by atoms with E-state index in [0.29, 0.717) is 23.3 Å². The molecule has 0 aromatic carbocycles. The number of imidazole rings is 1. The number of anilines is 1. The van der Waals surface area contributed by atoms with Gasteiger partial charge in [0, 0.05) is 31.4 Å². The summed E-state index contributed by atoms with van der Waals surface area (Å²) >= 11 is 0. The number of amides is 1. The molecular weight excluding hydrogens is 494 g/mol. The van der Waals surface area contributed by atoms with Crippen LogP contribution in [0.4, 0.5) is 10.6 Å². The number of nitrogens with one attached hydrogen (secondary N) is 1. The third kappa shape index (κ3) is 4.87. The molecule has 3 fully saturated rings. The Labute approximate surface area is 228 Å². The highest BCUT2D eigenvalue weighted by molar-refractivity contribution is 6.01. The monoisotopic (exact) mass is 533 g/mol. The van der Waals surface area contributed by atoms with Crippen LogP contribution in [0.1, 0.15) is 88.8 Å². The fourth-order valence-electron chi connectivity index (χ4n) is 6.43. The van der Waals surface area contributed by atoms with E-state index in [0.717, 1.165) is 42.2 Å². The molecule has 0 saturated heterocycles. The van der Waals surface area contributed by atoms with Gasteiger partial charge in [-0.25, -0.2) is 19.7 Å². The van der Waals surface area contributed by atoms with Gasteiger partial charge in [-0.15, -0.1) is 0 Å². The van der Waals surface area contributed by atoms with Crippen molar-refractivity contribution in [3.05, 3.63) is 29.6 Å². The number of nitrogens with two attached hydrogens (primary N) is 1. The van der Waals surface area contributed by atoms with Crippen molar-refractivity contribution in [1.82, 2.24) is 29.3 Å². The number of hydrogen-bond donors (Lipinski definition) is 3. The molecule has 208 valence electrons. The predicted octanol–water partition coefficient (Wildman–Crippen LogP) is 4.45. The molecule has 0 aliphatic heterocycles. The quantitative estimate of drug-likeness (QED) is 0.284. The molecule has 3 aliphatic rings. The fraction of sp³-hybridized carbons (Fsp3) is 0.643. The molecule has 0 spiro atoms. The molecule has 11 heteroatoms. The molecule has 6 rings (SSSR count). The molecule has 3 aliphatic carbocycles. The molecular formula is C28H39N9O2. The lowest BCUT2D eigenvalue weighted by atomic mass is 9.80. The maximum absolute atomic E-state index is 11.3. The van der Waals surface area contributed by atoms with Crippen LogP contribution in [0.5, 0.6) is 0 Å². The van der Waals surface area contributed by atoms with Gasteiger partial charge >= 0.3 is 6.09 Å². The van der Waals surface area contributed by atoms with Crippen LogP contribution in [0.2, 0.25) is 0 Å². The number of carbonyl (C=O) groups is 1. The molecule has 39 heavy (non-hydrogen) atoms. The van der Waals surface area contributed by atoms with E-state index < -0.39 is 6.09 Å². The van der Waals surface area contributed by atoms with Crippen LogP contribution < -0.4 is 11.1 Å². The number of carboxylic acid groups (broad SMARTS) is 1. The van der Waals surface area contributed by atoms with Crippen molar-refractivity contribution in [2.75, 3.05) is 5.32 Å². The molecule has 1 unspecified atom stereocenters. The van der Waals surface area contributed by atoms with Gasteiger partial charge in [-0.1, -0.05) is 26.2 Å². The van der Waals surface area contributed by atoms with E-state index in [2.05, 4.69) is 45.0 Å². The van der Waals surface area contributed by atoms with Crippen LogP contribution in [0, 0.1) is 17.8 Å². The summed E-state index contributed by atoms with van der Waals surface area (Å²) in [5, 5.41) is 17.3. The van der Waals surface area contributed by atoms with Gasteiger partial charge in [0.25, 0.3) is 0 Å². The van der Waals surface area contributed by atoms with Crippen molar-refractivity contribution in [3.63, 3.8) is 0 Å². The first-order chi connectivity index (χ1) is 18.7. The van der Waals surface area contributed by atoms with Crippen LogP contribution in [0.25, 0.3) is 11.2 Å². The van der Waals surface area contributed by atoms with Crippen LogP contribution in [-0.2, 0) is 19.0 Å². The average molecular weight is 534 g/mol. The van der Waals surface area contributed by atoms with E-state index in [4.69, 9.17) is 15.7 Å². The Morgan fingerprint density at radius 2 is 1.95 bits per heavy atom.